The van der Waals surface area contributed by atoms with Gasteiger partial charge in [-0.3, -0.25) is 0 Å². The average Bonchev–Trinajstić information content (AvgIpc) is 2.15. The summed E-state index contributed by atoms with van der Waals surface area (Å²) in [7, 11) is 0. The van der Waals surface area contributed by atoms with Crippen LogP contribution in [0.2, 0.25) is 0 Å². The molecule has 3 heteroatoms. The predicted molar refractivity (Wildman–Crippen MR) is 58.1 cm³/mol. The van der Waals surface area contributed by atoms with E-state index in [1.165, 1.54) is 0 Å². The lowest BCUT2D eigenvalue weighted by Gasteiger charge is -2.28. The third-order valence-electron chi connectivity index (χ3n) is 2.51. The molecule has 3 nitrogen and oxygen atoms in total. The molecule has 0 spiro atoms. The summed E-state index contributed by atoms with van der Waals surface area (Å²) in [5, 5.41) is 0. The van der Waals surface area contributed by atoms with Crippen molar-refractivity contribution in [2.45, 2.75) is 44.1 Å². The molecule has 0 aromatic rings. The van der Waals surface area contributed by atoms with Crippen LogP contribution in [0.3, 0.4) is 0 Å². The van der Waals surface area contributed by atoms with Crippen molar-refractivity contribution in [3.05, 3.63) is 6.92 Å². The molecular formula is C10H24N3. The fourth-order valence-electron chi connectivity index (χ4n) is 1.45. The molecule has 0 saturated carbocycles. The molecule has 0 aliphatic carbocycles. The van der Waals surface area contributed by atoms with E-state index in [4.69, 9.17) is 17.2 Å². The normalized spacial score (nSPS) is 15.7. The third-order valence-corrected chi connectivity index (χ3v) is 2.51. The van der Waals surface area contributed by atoms with Crippen LogP contribution in [0.4, 0.5) is 0 Å². The van der Waals surface area contributed by atoms with E-state index in [9.17, 15) is 0 Å². The van der Waals surface area contributed by atoms with Gasteiger partial charge in [-0.05, 0) is 45.2 Å². The Hall–Kier alpha value is -0.120. The van der Waals surface area contributed by atoms with Crippen molar-refractivity contribution in [1.82, 2.24) is 0 Å². The van der Waals surface area contributed by atoms with E-state index in [-0.39, 0.29) is 5.54 Å². The second-order valence-electron chi connectivity index (χ2n) is 3.75. The zero-order valence-electron chi connectivity index (χ0n) is 8.60. The van der Waals surface area contributed by atoms with E-state index < -0.39 is 0 Å². The molecule has 0 saturated heterocycles. The summed E-state index contributed by atoms with van der Waals surface area (Å²) >= 11 is 0. The van der Waals surface area contributed by atoms with Gasteiger partial charge in [0.25, 0.3) is 0 Å². The summed E-state index contributed by atoms with van der Waals surface area (Å²) in [6.07, 6.45) is 5.95. The van der Waals surface area contributed by atoms with E-state index >= 15 is 0 Å². The zero-order valence-corrected chi connectivity index (χ0v) is 8.60. The number of unbranched alkanes of at least 4 members (excludes halogenated alkanes) is 1. The molecular weight excluding hydrogens is 162 g/mol. The molecule has 13 heavy (non-hydrogen) atoms. The Balaban J connectivity index is 3.67. The largest absolute Gasteiger partial charge is 0.330 e. The van der Waals surface area contributed by atoms with Crippen LogP contribution in [0.1, 0.15) is 38.5 Å². The molecule has 0 bridgehead atoms. The first-order chi connectivity index (χ1) is 6.18. The van der Waals surface area contributed by atoms with Gasteiger partial charge >= 0.3 is 0 Å². The van der Waals surface area contributed by atoms with Crippen molar-refractivity contribution >= 4 is 0 Å². The summed E-state index contributed by atoms with van der Waals surface area (Å²) < 4.78 is 0. The third kappa shape index (κ3) is 6.02. The van der Waals surface area contributed by atoms with Crippen LogP contribution >= 0.6 is 0 Å². The fourth-order valence-corrected chi connectivity index (χ4v) is 1.45. The number of hydrogen-bond acceptors (Lipinski definition) is 3. The molecule has 0 heterocycles. The second kappa shape index (κ2) is 7.30. The minimum absolute atomic E-state index is 0.103. The van der Waals surface area contributed by atoms with Gasteiger partial charge in [-0.15, -0.1) is 0 Å². The van der Waals surface area contributed by atoms with E-state index in [0.717, 1.165) is 51.6 Å². The fraction of sp³-hybridized carbons (Fsp3) is 0.900. The first-order valence-electron chi connectivity index (χ1n) is 5.17. The maximum atomic E-state index is 6.17. The lowest BCUT2D eigenvalue weighted by atomic mass is 9.86. The summed E-state index contributed by atoms with van der Waals surface area (Å²) in [6.45, 7) is 5.36. The molecule has 1 unspecified atom stereocenters. The Labute approximate surface area is 82.0 Å². The Morgan fingerprint density at radius 1 is 0.923 bits per heavy atom. The van der Waals surface area contributed by atoms with E-state index in [1.807, 2.05) is 0 Å². The van der Waals surface area contributed by atoms with Gasteiger partial charge in [-0.1, -0.05) is 13.3 Å². The Morgan fingerprint density at radius 3 is 1.92 bits per heavy atom. The predicted octanol–water partition coefficient (Wildman–Crippen LogP) is 0.776. The van der Waals surface area contributed by atoms with E-state index in [1.54, 1.807) is 0 Å². The van der Waals surface area contributed by atoms with Gasteiger partial charge in [0.2, 0.25) is 0 Å². The molecule has 0 aliphatic rings. The van der Waals surface area contributed by atoms with Crippen LogP contribution in [0, 0.1) is 6.92 Å². The molecule has 1 radical (unpaired) electrons. The number of hydrogen-bond donors (Lipinski definition) is 3. The standard InChI is InChI=1S/C10H24N3/c1-2-10(13,7-5-9-12)6-3-4-8-11/h1-9,11-13H2. The molecule has 0 rings (SSSR count). The van der Waals surface area contributed by atoms with Crippen molar-refractivity contribution in [1.29, 1.82) is 0 Å². The molecule has 0 aliphatic heterocycles. The van der Waals surface area contributed by atoms with Gasteiger partial charge in [0.05, 0.1) is 0 Å². The zero-order chi connectivity index (χ0) is 10.2. The van der Waals surface area contributed by atoms with Crippen LogP contribution < -0.4 is 17.2 Å². The van der Waals surface area contributed by atoms with Crippen molar-refractivity contribution < 1.29 is 0 Å². The molecule has 6 N–H and O–H groups in total. The molecule has 0 amide bonds. The van der Waals surface area contributed by atoms with Crippen molar-refractivity contribution in [3.8, 4) is 0 Å². The van der Waals surface area contributed by atoms with Crippen molar-refractivity contribution in [3.63, 3.8) is 0 Å². The van der Waals surface area contributed by atoms with Gasteiger partial charge < -0.3 is 17.2 Å². The van der Waals surface area contributed by atoms with Crippen LogP contribution in [0.25, 0.3) is 0 Å². The van der Waals surface area contributed by atoms with Crippen LogP contribution in [-0.4, -0.2) is 18.6 Å². The van der Waals surface area contributed by atoms with Crippen molar-refractivity contribution in [2.75, 3.05) is 13.1 Å². The molecule has 1 atom stereocenters. The molecule has 0 aromatic carbocycles. The highest BCUT2D eigenvalue weighted by atomic mass is 14.7. The summed E-state index contributed by atoms with van der Waals surface area (Å²) in [5.41, 5.74) is 16.9. The summed E-state index contributed by atoms with van der Waals surface area (Å²) in [6, 6.07) is 0. The van der Waals surface area contributed by atoms with Gasteiger partial charge in [0.15, 0.2) is 0 Å². The van der Waals surface area contributed by atoms with Crippen molar-refractivity contribution in [2.24, 2.45) is 17.2 Å². The first kappa shape index (κ1) is 12.9. The maximum absolute atomic E-state index is 6.17. The number of rotatable bonds is 8. The Kier molecular flexibility index (Phi) is 7.23. The monoisotopic (exact) mass is 186 g/mol. The van der Waals surface area contributed by atoms with E-state index in [2.05, 4.69) is 6.92 Å². The first-order valence-corrected chi connectivity index (χ1v) is 5.17. The van der Waals surface area contributed by atoms with Gasteiger partial charge in [-0.25, -0.2) is 0 Å². The lowest BCUT2D eigenvalue weighted by molar-refractivity contribution is 0.347. The maximum Gasteiger partial charge on any atom is 0.0154 e. The Morgan fingerprint density at radius 2 is 1.46 bits per heavy atom. The quantitative estimate of drug-likeness (QED) is 0.490. The van der Waals surface area contributed by atoms with Crippen LogP contribution in [0.5, 0.6) is 0 Å². The van der Waals surface area contributed by atoms with Gasteiger partial charge in [-0.2, -0.15) is 0 Å². The lowest BCUT2D eigenvalue weighted by Crippen LogP contribution is -2.39. The smallest absolute Gasteiger partial charge is 0.0154 e. The van der Waals surface area contributed by atoms with Gasteiger partial charge in [0, 0.05) is 5.54 Å². The highest BCUT2D eigenvalue weighted by Crippen LogP contribution is 2.20. The summed E-state index contributed by atoms with van der Waals surface area (Å²) in [5.74, 6) is 0. The second-order valence-corrected chi connectivity index (χ2v) is 3.75. The minimum Gasteiger partial charge on any atom is -0.330 e. The summed E-state index contributed by atoms with van der Waals surface area (Å²) in [4.78, 5) is 0. The topological polar surface area (TPSA) is 78.1 Å². The Bertz CT molecular complexity index is 117. The van der Waals surface area contributed by atoms with Crippen LogP contribution in [0.15, 0.2) is 0 Å². The van der Waals surface area contributed by atoms with E-state index in [0.29, 0.717) is 0 Å². The van der Waals surface area contributed by atoms with Gasteiger partial charge in [0.1, 0.15) is 0 Å². The molecule has 0 fully saturated rings. The highest BCUT2D eigenvalue weighted by Gasteiger charge is 2.20. The molecule has 0 aromatic heterocycles. The SMILES string of the molecule is [CH2]CC(N)(CCCN)CCCCN. The highest BCUT2D eigenvalue weighted by molar-refractivity contribution is 4.84. The number of nitrogens with two attached hydrogens (primary N) is 3. The average molecular weight is 186 g/mol. The minimum atomic E-state index is -0.103. The molecule has 79 valence electrons. The van der Waals surface area contributed by atoms with Crippen LogP contribution in [-0.2, 0) is 0 Å².